The van der Waals surface area contributed by atoms with Crippen LogP contribution >= 0.6 is 0 Å². The van der Waals surface area contributed by atoms with E-state index in [1.165, 1.54) is 12.8 Å². The monoisotopic (exact) mass is 265 g/mol. The van der Waals surface area contributed by atoms with Gasteiger partial charge in [0.2, 0.25) is 0 Å². The second-order valence-electron chi connectivity index (χ2n) is 5.53. The zero-order valence-corrected chi connectivity index (χ0v) is 13.0. The molecule has 1 fully saturated rings. The van der Waals surface area contributed by atoms with Gasteiger partial charge in [0, 0.05) is 18.8 Å². The lowest BCUT2D eigenvalue weighted by atomic mass is 9.98. The lowest BCUT2D eigenvalue weighted by Gasteiger charge is -2.32. The zero-order valence-electron chi connectivity index (χ0n) is 13.0. The third-order valence-corrected chi connectivity index (χ3v) is 3.75. The van der Waals surface area contributed by atoms with Crippen LogP contribution < -0.4 is 4.90 Å². The molecule has 1 aliphatic heterocycles. The van der Waals surface area contributed by atoms with Crippen molar-refractivity contribution in [1.82, 2.24) is 0 Å². The van der Waals surface area contributed by atoms with Gasteiger partial charge in [-0.3, -0.25) is 0 Å². The maximum atomic E-state index is 13.9. The maximum absolute atomic E-state index is 13.9. The Labute approximate surface area is 117 Å². The van der Waals surface area contributed by atoms with Crippen molar-refractivity contribution in [3.63, 3.8) is 0 Å². The van der Waals surface area contributed by atoms with Gasteiger partial charge in [0.15, 0.2) is 0 Å². The first-order valence-electron chi connectivity index (χ1n) is 7.62. The minimum Gasteiger partial charge on any atom is -0.371 e. The summed E-state index contributed by atoms with van der Waals surface area (Å²) in [4.78, 5) is 2.30. The van der Waals surface area contributed by atoms with Gasteiger partial charge < -0.3 is 4.90 Å². The second kappa shape index (κ2) is 7.52. The Morgan fingerprint density at radius 3 is 2.21 bits per heavy atom. The minimum absolute atomic E-state index is 0.0591. The summed E-state index contributed by atoms with van der Waals surface area (Å²) in [5, 5.41) is 0. The highest BCUT2D eigenvalue weighted by molar-refractivity contribution is 5.49. The molecule has 0 atom stereocenters. The molecule has 0 aliphatic carbocycles. The van der Waals surface area contributed by atoms with E-state index in [9.17, 15) is 4.39 Å². The van der Waals surface area contributed by atoms with Gasteiger partial charge in [-0.05, 0) is 42.4 Å². The maximum Gasteiger partial charge on any atom is 0.128 e. The molecule has 0 saturated carbocycles. The van der Waals surface area contributed by atoms with E-state index in [1.54, 1.807) is 6.07 Å². The van der Waals surface area contributed by atoms with Crippen molar-refractivity contribution in [3.8, 4) is 0 Å². The summed E-state index contributed by atoms with van der Waals surface area (Å²) in [6.07, 6.45) is 2.43. The van der Waals surface area contributed by atoms with Crippen molar-refractivity contribution >= 4 is 5.69 Å². The van der Waals surface area contributed by atoms with E-state index >= 15 is 0 Å². The number of halogens is 1. The summed E-state index contributed by atoms with van der Waals surface area (Å²) in [6.45, 7) is 12.5. The Morgan fingerprint density at radius 1 is 1.16 bits per heavy atom. The first-order valence-corrected chi connectivity index (χ1v) is 7.62. The topological polar surface area (TPSA) is 3.24 Å². The summed E-state index contributed by atoms with van der Waals surface area (Å²) in [5.74, 6) is 1.01. The lowest BCUT2D eigenvalue weighted by Crippen LogP contribution is -2.32. The molecule has 2 rings (SSSR count). The van der Waals surface area contributed by atoms with E-state index in [2.05, 4.69) is 17.9 Å². The quantitative estimate of drug-likeness (QED) is 0.709. The van der Waals surface area contributed by atoms with Crippen LogP contribution in [-0.4, -0.2) is 13.1 Å². The molecule has 0 N–H and O–H groups in total. The van der Waals surface area contributed by atoms with Gasteiger partial charge in [-0.25, -0.2) is 4.39 Å². The van der Waals surface area contributed by atoms with Crippen LogP contribution in [-0.2, 0) is 0 Å². The smallest absolute Gasteiger partial charge is 0.128 e. The molecule has 0 aromatic heterocycles. The molecule has 1 aliphatic rings. The lowest BCUT2D eigenvalue weighted by molar-refractivity contribution is 0.438. The van der Waals surface area contributed by atoms with E-state index in [4.69, 9.17) is 0 Å². The van der Waals surface area contributed by atoms with Crippen molar-refractivity contribution in [3.05, 3.63) is 29.6 Å². The second-order valence-corrected chi connectivity index (χ2v) is 5.53. The van der Waals surface area contributed by atoms with Crippen molar-refractivity contribution in [1.29, 1.82) is 0 Å². The fourth-order valence-electron chi connectivity index (χ4n) is 2.45. The van der Waals surface area contributed by atoms with Crippen molar-refractivity contribution in [2.24, 2.45) is 5.92 Å². The fourth-order valence-corrected chi connectivity index (χ4v) is 2.45. The van der Waals surface area contributed by atoms with Crippen LogP contribution in [0.1, 0.15) is 58.9 Å². The number of hydrogen-bond acceptors (Lipinski definition) is 1. The molecule has 1 nitrogen and oxygen atoms in total. The van der Waals surface area contributed by atoms with Crippen LogP contribution in [0.15, 0.2) is 18.2 Å². The molecular formula is C17H28FN. The number of anilines is 1. The molecule has 19 heavy (non-hydrogen) atoms. The summed E-state index contributed by atoms with van der Waals surface area (Å²) >= 11 is 0. The molecule has 0 spiro atoms. The van der Waals surface area contributed by atoms with Gasteiger partial charge in [-0.1, -0.05) is 40.7 Å². The van der Waals surface area contributed by atoms with E-state index < -0.39 is 0 Å². The normalized spacial score (nSPS) is 16.3. The van der Waals surface area contributed by atoms with Crippen LogP contribution in [0.2, 0.25) is 0 Å². The Hall–Kier alpha value is -1.05. The predicted molar refractivity (Wildman–Crippen MR) is 82.4 cm³/mol. The van der Waals surface area contributed by atoms with Crippen LogP contribution in [0.25, 0.3) is 0 Å². The fraction of sp³-hybridized carbons (Fsp3) is 0.647. The zero-order chi connectivity index (χ0) is 14.4. The van der Waals surface area contributed by atoms with E-state index in [0.717, 1.165) is 30.3 Å². The van der Waals surface area contributed by atoms with Gasteiger partial charge in [0.1, 0.15) is 5.82 Å². The Morgan fingerprint density at radius 2 is 1.74 bits per heavy atom. The largest absolute Gasteiger partial charge is 0.371 e. The molecule has 0 unspecified atom stereocenters. The highest BCUT2D eigenvalue weighted by Gasteiger charge is 2.17. The van der Waals surface area contributed by atoms with Gasteiger partial charge in [0.05, 0.1) is 0 Å². The van der Waals surface area contributed by atoms with E-state index in [0.29, 0.717) is 0 Å². The SMILES string of the molecule is CC.CC1CCN(c2ccc(C(C)C)c(F)c2)CC1. The third-order valence-electron chi connectivity index (χ3n) is 3.75. The van der Waals surface area contributed by atoms with Gasteiger partial charge in [-0.2, -0.15) is 0 Å². The highest BCUT2D eigenvalue weighted by Crippen LogP contribution is 2.27. The van der Waals surface area contributed by atoms with Crippen LogP contribution in [0.4, 0.5) is 10.1 Å². The first kappa shape index (κ1) is 16.0. The predicted octanol–water partition coefficient (Wildman–Crippen LogP) is 5.21. The van der Waals surface area contributed by atoms with E-state index in [1.807, 2.05) is 33.8 Å². The van der Waals surface area contributed by atoms with Gasteiger partial charge >= 0.3 is 0 Å². The van der Waals surface area contributed by atoms with Crippen LogP contribution in [0.5, 0.6) is 0 Å². The molecule has 108 valence electrons. The Kier molecular flexibility index (Phi) is 6.33. The number of piperidine rings is 1. The van der Waals surface area contributed by atoms with Gasteiger partial charge in [0.25, 0.3) is 0 Å². The molecule has 0 bridgehead atoms. The van der Waals surface area contributed by atoms with Crippen molar-refractivity contribution in [2.75, 3.05) is 18.0 Å². The highest BCUT2D eigenvalue weighted by atomic mass is 19.1. The number of hydrogen-bond donors (Lipinski definition) is 0. The molecule has 2 heteroatoms. The Bertz CT molecular complexity index is 379. The first-order chi connectivity index (χ1) is 9.08. The molecule has 0 radical (unpaired) electrons. The number of rotatable bonds is 2. The average molecular weight is 265 g/mol. The van der Waals surface area contributed by atoms with Crippen LogP contribution in [0, 0.1) is 11.7 Å². The average Bonchev–Trinajstić information content (AvgIpc) is 2.41. The van der Waals surface area contributed by atoms with Crippen molar-refractivity contribution < 1.29 is 4.39 Å². The Balaban J connectivity index is 0.000000861. The summed E-state index contributed by atoms with van der Waals surface area (Å²) < 4.78 is 13.9. The molecular weight excluding hydrogens is 237 g/mol. The minimum atomic E-state index is -0.0591. The van der Waals surface area contributed by atoms with E-state index in [-0.39, 0.29) is 11.7 Å². The van der Waals surface area contributed by atoms with Crippen LogP contribution in [0.3, 0.4) is 0 Å². The summed E-state index contributed by atoms with van der Waals surface area (Å²) in [7, 11) is 0. The standard InChI is InChI=1S/C15H22FN.C2H6/c1-11(2)14-5-4-13(10-15(14)16)17-8-6-12(3)7-9-17;1-2/h4-5,10-12H,6-9H2,1-3H3;1-2H3. The third kappa shape index (κ3) is 4.22. The number of benzene rings is 1. The summed E-state index contributed by atoms with van der Waals surface area (Å²) in [5.41, 5.74) is 1.86. The number of nitrogens with zero attached hydrogens (tertiary/aromatic N) is 1. The summed E-state index contributed by atoms with van der Waals surface area (Å²) in [6, 6.07) is 5.70. The van der Waals surface area contributed by atoms with Crippen molar-refractivity contribution in [2.45, 2.75) is 53.4 Å². The molecule has 1 heterocycles. The molecule has 1 aromatic carbocycles. The molecule has 1 saturated heterocycles. The van der Waals surface area contributed by atoms with Gasteiger partial charge in [-0.15, -0.1) is 0 Å². The molecule has 0 amide bonds. The molecule has 1 aromatic rings.